The number of rotatable bonds is 0. The van der Waals surface area contributed by atoms with Crippen LogP contribution < -0.4 is 0 Å². The van der Waals surface area contributed by atoms with Crippen LogP contribution in [0, 0.1) is 0 Å². The largest absolute Gasteiger partial charge is 1.00 e. The molecule has 0 aliphatic rings. The van der Waals surface area contributed by atoms with Crippen molar-refractivity contribution in [2.24, 2.45) is 0 Å². The summed E-state index contributed by atoms with van der Waals surface area (Å²) < 4.78 is 0. The lowest BCUT2D eigenvalue weighted by Gasteiger charge is -1.80. The molecule has 0 saturated carbocycles. The maximum atomic E-state index is 8.06. The van der Waals surface area contributed by atoms with Crippen LogP contribution in [0.4, 0.5) is 0 Å². The van der Waals surface area contributed by atoms with E-state index in [1.165, 1.54) is 0 Å². The summed E-state index contributed by atoms with van der Waals surface area (Å²) in [4.78, 5) is 0. The first-order chi connectivity index (χ1) is 1.73. The third-order valence-electron chi connectivity index (χ3n) is 0. The van der Waals surface area contributed by atoms with Gasteiger partial charge >= 0.3 is 1.43 Å². The molecule has 4 heavy (non-hydrogen) atoms. The average molecular weight is 61.1 g/mol. The van der Waals surface area contributed by atoms with Gasteiger partial charge < -0.3 is 5.11 Å². The van der Waals surface area contributed by atoms with E-state index in [2.05, 4.69) is 0 Å². The molecule has 0 fully saturated rings. The SMILES string of the molecule is CC(C)O.[H+]. The summed E-state index contributed by atoms with van der Waals surface area (Å²) >= 11 is 0. The molecular weight excluding hydrogens is 52.0 g/mol. The second kappa shape index (κ2) is 1.30. The molecule has 0 aliphatic heterocycles. The molecule has 0 aromatic rings. The van der Waals surface area contributed by atoms with Crippen molar-refractivity contribution in [2.45, 2.75) is 20.0 Å². The molecule has 0 aliphatic carbocycles. The van der Waals surface area contributed by atoms with Crippen molar-refractivity contribution in [1.82, 2.24) is 0 Å². The molecule has 0 amide bonds. The topological polar surface area (TPSA) is 20.2 Å². The normalized spacial score (nSPS) is 9.00. The van der Waals surface area contributed by atoms with E-state index in [9.17, 15) is 0 Å². The van der Waals surface area contributed by atoms with Gasteiger partial charge in [0.15, 0.2) is 0 Å². The van der Waals surface area contributed by atoms with Gasteiger partial charge in [0.05, 0.1) is 0 Å². The van der Waals surface area contributed by atoms with Crippen LogP contribution in [0.1, 0.15) is 15.3 Å². The minimum Gasteiger partial charge on any atom is -0.394 e. The first-order valence-corrected chi connectivity index (χ1v) is 1.41. The Labute approximate surface area is 27.7 Å². The summed E-state index contributed by atoms with van der Waals surface area (Å²) in [6.45, 7) is 3.44. The number of hydrogen-bond acceptors (Lipinski definition) is 1. The maximum absolute atomic E-state index is 8.06. The molecule has 0 heterocycles. The molecule has 0 spiro atoms. The van der Waals surface area contributed by atoms with Gasteiger partial charge in [-0.15, -0.1) is 0 Å². The highest BCUT2D eigenvalue weighted by molar-refractivity contribution is 4.20. The van der Waals surface area contributed by atoms with Crippen molar-refractivity contribution < 1.29 is 6.53 Å². The van der Waals surface area contributed by atoms with Gasteiger partial charge in [-0.1, -0.05) is 0 Å². The fraction of sp³-hybridized carbons (Fsp3) is 1.00. The first kappa shape index (κ1) is 3.96. The summed E-state index contributed by atoms with van der Waals surface area (Å²) in [5.41, 5.74) is 0. The smallest absolute Gasteiger partial charge is 0.394 e. The lowest BCUT2D eigenvalue weighted by molar-refractivity contribution is 0.216. The van der Waals surface area contributed by atoms with Gasteiger partial charge in [0.25, 0.3) is 0 Å². The van der Waals surface area contributed by atoms with Crippen LogP contribution in [0.25, 0.3) is 0 Å². The molecule has 0 unspecified atom stereocenters. The lowest BCUT2D eigenvalue weighted by atomic mass is 10.5. The molecule has 0 atom stereocenters. The highest BCUT2D eigenvalue weighted by Gasteiger charge is 1.69. The van der Waals surface area contributed by atoms with E-state index < -0.39 is 0 Å². The van der Waals surface area contributed by atoms with Crippen LogP contribution in [0.5, 0.6) is 0 Å². The van der Waals surface area contributed by atoms with E-state index in [-0.39, 0.29) is 7.53 Å². The Bertz CT molecular complexity index is 11.6. The van der Waals surface area contributed by atoms with Crippen LogP contribution >= 0.6 is 0 Å². The van der Waals surface area contributed by atoms with Crippen molar-refractivity contribution in [2.75, 3.05) is 0 Å². The van der Waals surface area contributed by atoms with Crippen LogP contribution in [0.15, 0.2) is 0 Å². The van der Waals surface area contributed by atoms with E-state index in [0.717, 1.165) is 0 Å². The fourth-order valence-electron chi connectivity index (χ4n) is 0. The fourth-order valence-corrected chi connectivity index (χ4v) is 0. The molecule has 0 aromatic carbocycles. The minimum absolute atomic E-state index is 0. The van der Waals surface area contributed by atoms with Gasteiger partial charge in [0.2, 0.25) is 0 Å². The Kier molecular flexibility index (Phi) is 1.28. The van der Waals surface area contributed by atoms with Crippen LogP contribution in [-0.4, -0.2) is 11.2 Å². The molecule has 1 N–H and O–H groups in total. The van der Waals surface area contributed by atoms with Crippen molar-refractivity contribution in [1.29, 1.82) is 0 Å². The third-order valence-corrected chi connectivity index (χ3v) is 0. The van der Waals surface area contributed by atoms with E-state index in [0.29, 0.717) is 0 Å². The minimum atomic E-state index is -0.167. The quantitative estimate of drug-likeness (QED) is 0.432. The van der Waals surface area contributed by atoms with E-state index in [1.54, 1.807) is 13.8 Å². The molecule has 0 aromatic heterocycles. The van der Waals surface area contributed by atoms with E-state index >= 15 is 0 Å². The Hall–Kier alpha value is -0.0400. The Morgan fingerprint density at radius 1 is 1.75 bits per heavy atom. The molecule has 0 radical (unpaired) electrons. The molecule has 1 heteroatoms. The second-order valence-corrected chi connectivity index (χ2v) is 1.09. The van der Waals surface area contributed by atoms with E-state index in [4.69, 9.17) is 5.11 Å². The van der Waals surface area contributed by atoms with Crippen molar-refractivity contribution in [3.05, 3.63) is 0 Å². The van der Waals surface area contributed by atoms with Crippen LogP contribution in [0.2, 0.25) is 0 Å². The standard InChI is InChI=1S/C3H8O/c1-3(2)4/h3-4H,1-2H3/p+1. The zero-order valence-electron chi connectivity index (χ0n) is 4.02. The van der Waals surface area contributed by atoms with Crippen molar-refractivity contribution in [3.8, 4) is 0 Å². The summed E-state index contributed by atoms with van der Waals surface area (Å²) in [6.07, 6.45) is -0.167. The van der Waals surface area contributed by atoms with Crippen LogP contribution in [-0.2, 0) is 0 Å². The Morgan fingerprint density at radius 3 is 1.75 bits per heavy atom. The zero-order valence-corrected chi connectivity index (χ0v) is 3.02. The molecule has 26 valence electrons. The van der Waals surface area contributed by atoms with Gasteiger partial charge in [0, 0.05) is 6.10 Å². The van der Waals surface area contributed by atoms with Gasteiger partial charge in [0.1, 0.15) is 0 Å². The molecule has 1 nitrogen and oxygen atoms in total. The molecule has 0 rings (SSSR count). The molecule has 0 saturated heterocycles. The highest BCUT2D eigenvalue weighted by Crippen LogP contribution is 1.65. The molecular formula is C3H9O+. The van der Waals surface area contributed by atoms with Crippen molar-refractivity contribution in [3.63, 3.8) is 0 Å². The monoisotopic (exact) mass is 61.1 g/mol. The van der Waals surface area contributed by atoms with Gasteiger partial charge in [-0.25, -0.2) is 0 Å². The van der Waals surface area contributed by atoms with Gasteiger partial charge in [-0.3, -0.25) is 0 Å². The lowest BCUT2D eigenvalue weighted by Crippen LogP contribution is -1.85. The van der Waals surface area contributed by atoms with Gasteiger partial charge in [-0.2, -0.15) is 0 Å². The zero-order chi connectivity index (χ0) is 3.58. The van der Waals surface area contributed by atoms with E-state index in [1.807, 2.05) is 0 Å². The maximum Gasteiger partial charge on any atom is 1.00 e. The second-order valence-electron chi connectivity index (χ2n) is 1.09. The summed E-state index contributed by atoms with van der Waals surface area (Å²) in [7, 11) is 0. The first-order valence-electron chi connectivity index (χ1n) is 1.41. The predicted molar refractivity (Wildman–Crippen MR) is 18.5 cm³/mol. The summed E-state index contributed by atoms with van der Waals surface area (Å²) in [6, 6.07) is 0. The summed E-state index contributed by atoms with van der Waals surface area (Å²) in [5.74, 6) is 0. The number of aliphatic hydroxyl groups is 1. The Morgan fingerprint density at radius 2 is 1.75 bits per heavy atom. The third kappa shape index (κ3) is 1130. The van der Waals surface area contributed by atoms with Crippen molar-refractivity contribution >= 4 is 0 Å². The summed E-state index contributed by atoms with van der Waals surface area (Å²) in [5, 5.41) is 8.06. The number of hydrogen-bond donors (Lipinski definition) is 1. The predicted octanol–water partition coefficient (Wildman–Crippen LogP) is 0.500. The number of aliphatic hydroxyl groups excluding tert-OH is 1. The van der Waals surface area contributed by atoms with Crippen LogP contribution in [0.3, 0.4) is 0 Å². The average Bonchev–Trinajstić information content (AvgIpc) is 0.811. The molecule has 0 bridgehead atoms. The Balaban J connectivity index is 0. The highest BCUT2D eigenvalue weighted by atomic mass is 16.3. The van der Waals surface area contributed by atoms with Gasteiger partial charge in [-0.05, 0) is 13.8 Å².